The summed E-state index contributed by atoms with van der Waals surface area (Å²) in [7, 11) is -2.25. The maximum Gasteiger partial charge on any atom is 0.352 e. The SMILES string of the molecule is Cn1cc(S(=O)(=O)NCc2cncs2)cc1C(=O)O. The number of carboxylic acid groups (broad SMARTS) is 1. The molecule has 0 unspecified atom stereocenters. The van der Waals surface area contributed by atoms with Gasteiger partial charge in [-0.1, -0.05) is 0 Å². The number of nitrogens with one attached hydrogen (secondary N) is 1. The van der Waals surface area contributed by atoms with Gasteiger partial charge in [-0.3, -0.25) is 4.98 Å². The van der Waals surface area contributed by atoms with Crippen LogP contribution in [-0.2, 0) is 23.6 Å². The number of nitrogens with zero attached hydrogens (tertiary/aromatic N) is 2. The normalized spacial score (nSPS) is 11.6. The predicted molar refractivity (Wildman–Crippen MR) is 68.5 cm³/mol. The smallest absolute Gasteiger partial charge is 0.352 e. The van der Waals surface area contributed by atoms with Gasteiger partial charge in [0.1, 0.15) is 10.6 Å². The second-order valence-electron chi connectivity index (χ2n) is 3.77. The summed E-state index contributed by atoms with van der Waals surface area (Å²) in [4.78, 5) is 15.4. The zero-order chi connectivity index (χ0) is 14.0. The van der Waals surface area contributed by atoms with Gasteiger partial charge in [0.25, 0.3) is 0 Å². The van der Waals surface area contributed by atoms with Crippen LogP contribution in [-0.4, -0.2) is 29.0 Å². The van der Waals surface area contributed by atoms with Crippen LogP contribution in [0.3, 0.4) is 0 Å². The van der Waals surface area contributed by atoms with E-state index < -0.39 is 16.0 Å². The van der Waals surface area contributed by atoms with Gasteiger partial charge in [-0.05, 0) is 6.07 Å². The van der Waals surface area contributed by atoms with Crippen LogP contribution < -0.4 is 4.72 Å². The highest BCUT2D eigenvalue weighted by atomic mass is 32.2. The Morgan fingerprint density at radius 2 is 2.32 bits per heavy atom. The molecule has 0 aliphatic rings. The van der Waals surface area contributed by atoms with Gasteiger partial charge in [-0.2, -0.15) is 0 Å². The molecular formula is C10H11N3O4S2. The van der Waals surface area contributed by atoms with Crippen LogP contribution >= 0.6 is 11.3 Å². The van der Waals surface area contributed by atoms with Crippen molar-refractivity contribution in [1.29, 1.82) is 0 Å². The lowest BCUT2D eigenvalue weighted by Gasteiger charge is -2.02. The standard InChI is InChI=1S/C10H11N3O4S2/c1-13-5-8(2-9(13)10(14)15)19(16,17)12-4-7-3-11-6-18-7/h2-3,5-6,12H,4H2,1H3,(H,14,15). The Bertz CT molecular complexity index is 688. The molecule has 2 N–H and O–H groups in total. The van der Waals surface area contributed by atoms with Gasteiger partial charge in [-0.25, -0.2) is 17.9 Å². The minimum atomic E-state index is -3.73. The lowest BCUT2D eigenvalue weighted by atomic mass is 10.4. The maximum absolute atomic E-state index is 12.0. The number of thiazole rings is 1. The lowest BCUT2D eigenvalue weighted by Crippen LogP contribution is -2.22. The number of carboxylic acids is 1. The Morgan fingerprint density at radius 3 is 2.84 bits per heavy atom. The molecule has 0 aliphatic carbocycles. The van der Waals surface area contributed by atoms with Crippen molar-refractivity contribution in [2.45, 2.75) is 11.4 Å². The van der Waals surface area contributed by atoms with Crippen molar-refractivity contribution in [3.63, 3.8) is 0 Å². The molecule has 0 bridgehead atoms. The first-order valence-corrected chi connectivity index (χ1v) is 7.53. The van der Waals surface area contributed by atoms with Gasteiger partial charge in [-0.15, -0.1) is 11.3 Å². The number of carbonyl (C=O) groups is 1. The highest BCUT2D eigenvalue weighted by Gasteiger charge is 2.20. The van der Waals surface area contributed by atoms with E-state index in [0.717, 1.165) is 10.9 Å². The third-order valence-electron chi connectivity index (χ3n) is 2.43. The quantitative estimate of drug-likeness (QED) is 0.844. The van der Waals surface area contributed by atoms with Crippen molar-refractivity contribution in [1.82, 2.24) is 14.3 Å². The van der Waals surface area contributed by atoms with Gasteiger partial charge in [0.05, 0.1) is 5.51 Å². The number of sulfonamides is 1. The third-order valence-corrected chi connectivity index (χ3v) is 4.58. The minimum Gasteiger partial charge on any atom is -0.477 e. The Balaban J connectivity index is 2.20. The Hall–Kier alpha value is -1.71. The highest BCUT2D eigenvalue weighted by molar-refractivity contribution is 7.89. The molecule has 0 aromatic carbocycles. The Kier molecular flexibility index (Phi) is 3.69. The monoisotopic (exact) mass is 301 g/mol. The molecule has 0 aliphatic heterocycles. The number of aromatic carboxylic acids is 1. The maximum atomic E-state index is 12.0. The van der Waals surface area contributed by atoms with E-state index >= 15 is 0 Å². The van der Waals surface area contributed by atoms with E-state index in [1.54, 1.807) is 11.7 Å². The van der Waals surface area contributed by atoms with Gasteiger partial charge in [0.15, 0.2) is 0 Å². The second-order valence-corrected chi connectivity index (χ2v) is 6.51. The van der Waals surface area contributed by atoms with Gasteiger partial charge < -0.3 is 9.67 Å². The second kappa shape index (κ2) is 5.11. The largest absolute Gasteiger partial charge is 0.477 e. The summed E-state index contributed by atoms with van der Waals surface area (Å²) in [6.45, 7) is 0.129. The van der Waals surface area contributed by atoms with Crippen LogP contribution in [0, 0.1) is 0 Å². The molecule has 2 heterocycles. The first kappa shape index (κ1) is 13.7. The summed E-state index contributed by atoms with van der Waals surface area (Å²) in [6.07, 6.45) is 2.83. The minimum absolute atomic E-state index is 0.0723. The van der Waals surface area contributed by atoms with Crippen LogP contribution in [0.25, 0.3) is 0 Å². The van der Waals surface area contributed by atoms with E-state index in [0.29, 0.717) is 0 Å². The van der Waals surface area contributed by atoms with E-state index in [2.05, 4.69) is 9.71 Å². The summed E-state index contributed by atoms with van der Waals surface area (Å²) >= 11 is 1.33. The van der Waals surface area contributed by atoms with Crippen LogP contribution in [0.4, 0.5) is 0 Å². The van der Waals surface area contributed by atoms with Crippen LogP contribution in [0.15, 0.2) is 28.9 Å². The Morgan fingerprint density at radius 1 is 1.58 bits per heavy atom. The first-order chi connectivity index (χ1) is 8.90. The van der Waals surface area contributed by atoms with Gasteiger partial charge >= 0.3 is 5.97 Å². The molecule has 2 aromatic heterocycles. The summed E-state index contributed by atoms with van der Waals surface area (Å²) in [5, 5.41) is 8.88. The Labute approximate surface area is 113 Å². The number of aryl methyl sites for hydroxylation is 1. The van der Waals surface area contributed by atoms with Crippen LogP contribution in [0.2, 0.25) is 0 Å². The van der Waals surface area contributed by atoms with Gasteiger partial charge in [0.2, 0.25) is 10.0 Å². The van der Waals surface area contributed by atoms with E-state index in [4.69, 9.17) is 5.11 Å². The van der Waals surface area contributed by atoms with Crippen LogP contribution in [0.5, 0.6) is 0 Å². The lowest BCUT2D eigenvalue weighted by molar-refractivity contribution is 0.0686. The fourth-order valence-electron chi connectivity index (χ4n) is 1.47. The number of aromatic nitrogens is 2. The van der Waals surface area contributed by atoms with Crippen molar-refractivity contribution in [3.05, 3.63) is 34.5 Å². The van der Waals surface area contributed by atoms with Crippen molar-refractivity contribution < 1.29 is 18.3 Å². The molecule has 0 saturated heterocycles. The van der Waals surface area contributed by atoms with Gasteiger partial charge in [0, 0.05) is 30.9 Å². The number of rotatable bonds is 5. The van der Waals surface area contributed by atoms with Crippen molar-refractivity contribution in [2.24, 2.45) is 7.05 Å². The van der Waals surface area contributed by atoms with E-state index in [1.807, 2.05) is 0 Å². The molecule has 7 nitrogen and oxygen atoms in total. The molecule has 0 spiro atoms. The molecule has 19 heavy (non-hydrogen) atoms. The average molecular weight is 301 g/mol. The molecule has 0 saturated carbocycles. The molecule has 0 fully saturated rings. The average Bonchev–Trinajstić information content (AvgIpc) is 2.95. The topological polar surface area (TPSA) is 101 Å². The molecule has 9 heteroatoms. The molecule has 2 aromatic rings. The zero-order valence-electron chi connectivity index (χ0n) is 9.90. The summed E-state index contributed by atoms with van der Waals surface area (Å²) in [5.41, 5.74) is 1.52. The first-order valence-electron chi connectivity index (χ1n) is 5.17. The summed E-state index contributed by atoms with van der Waals surface area (Å²) in [6, 6.07) is 1.12. The molecular weight excluding hydrogens is 290 g/mol. The predicted octanol–water partition coefficient (Wildman–Crippen LogP) is 0.658. The summed E-state index contributed by atoms with van der Waals surface area (Å²) in [5.74, 6) is -1.17. The highest BCUT2D eigenvalue weighted by Crippen LogP contribution is 2.14. The molecule has 2 rings (SSSR count). The number of hydrogen-bond acceptors (Lipinski definition) is 5. The molecule has 0 amide bonds. The zero-order valence-corrected chi connectivity index (χ0v) is 11.5. The summed E-state index contributed by atoms with van der Waals surface area (Å²) < 4.78 is 27.6. The van der Waals surface area contributed by atoms with Crippen molar-refractivity contribution >= 4 is 27.3 Å². The third kappa shape index (κ3) is 3.00. The van der Waals surface area contributed by atoms with Crippen molar-refractivity contribution in [3.8, 4) is 0 Å². The van der Waals surface area contributed by atoms with E-state index in [9.17, 15) is 13.2 Å². The number of hydrogen-bond donors (Lipinski definition) is 2. The molecule has 102 valence electrons. The van der Waals surface area contributed by atoms with E-state index in [-0.39, 0.29) is 17.1 Å². The van der Waals surface area contributed by atoms with Crippen LogP contribution in [0.1, 0.15) is 15.4 Å². The fraction of sp³-hybridized carbons (Fsp3) is 0.200. The fourth-order valence-corrected chi connectivity index (χ4v) is 3.17. The molecule has 0 atom stereocenters. The van der Waals surface area contributed by atoms with Crippen molar-refractivity contribution in [2.75, 3.05) is 0 Å². The molecule has 0 radical (unpaired) electrons. The van der Waals surface area contributed by atoms with E-state index in [1.165, 1.54) is 29.1 Å².